The second kappa shape index (κ2) is 5.01. The van der Waals surface area contributed by atoms with Gasteiger partial charge in [0.05, 0.1) is 5.02 Å². The van der Waals surface area contributed by atoms with E-state index in [2.05, 4.69) is 25.7 Å². The van der Waals surface area contributed by atoms with Gasteiger partial charge >= 0.3 is 0 Å². The predicted molar refractivity (Wildman–Crippen MR) is 67.7 cm³/mol. The minimum Gasteiger partial charge on any atom is -0.373 e. The quantitative estimate of drug-likeness (QED) is 0.871. The average Bonchev–Trinajstić information content (AvgIpc) is 2.75. The molecule has 18 heavy (non-hydrogen) atoms. The lowest BCUT2D eigenvalue weighted by Gasteiger charge is -2.06. The van der Waals surface area contributed by atoms with E-state index in [0.29, 0.717) is 11.8 Å². The van der Waals surface area contributed by atoms with Gasteiger partial charge in [0, 0.05) is 14.1 Å². The number of amides is 1. The van der Waals surface area contributed by atoms with Crippen LogP contribution < -0.4 is 10.6 Å². The van der Waals surface area contributed by atoms with Crippen LogP contribution in [0.15, 0.2) is 18.5 Å². The monoisotopic (exact) mass is 266 g/mol. The summed E-state index contributed by atoms with van der Waals surface area (Å²) in [6.45, 7) is 0. The summed E-state index contributed by atoms with van der Waals surface area (Å²) in [6.07, 6.45) is 1.34. The van der Waals surface area contributed by atoms with E-state index >= 15 is 0 Å². The van der Waals surface area contributed by atoms with E-state index in [1.54, 1.807) is 26.2 Å². The van der Waals surface area contributed by atoms with Gasteiger partial charge in [-0.3, -0.25) is 10.1 Å². The maximum atomic E-state index is 12.0. The molecule has 2 N–H and O–H groups in total. The zero-order chi connectivity index (χ0) is 13.1. The largest absolute Gasteiger partial charge is 0.373 e. The first-order valence-electron chi connectivity index (χ1n) is 5.11. The van der Waals surface area contributed by atoms with E-state index in [1.165, 1.54) is 11.0 Å². The van der Waals surface area contributed by atoms with E-state index in [-0.39, 0.29) is 10.7 Å². The summed E-state index contributed by atoms with van der Waals surface area (Å²) >= 11 is 5.93. The molecule has 7 nitrogen and oxygen atoms in total. The highest BCUT2D eigenvalue weighted by atomic mass is 35.5. The van der Waals surface area contributed by atoms with Gasteiger partial charge < -0.3 is 5.32 Å². The summed E-state index contributed by atoms with van der Waals surface area (Å²) in [7, 11) is 3.38. The Morgan fingerprint density at radius 3 is 2.83 bits per heavy atom. The SMILES string of the molecule is CNc1ccc(Cl)c(C(=O)Nc2ncnn2C)n1. The molecule has 2 rings (SSSR count). The molecule has 1 amide bonds. The molecule has 0 saturated carbocycles. The van der Waals surface area contributed by atoms with Crippen LogP contribution in [0.5, 0.6) is 0 Å². The first-order valence-corrected chi connectivity index (χ1v) is 5.49. The zero-order valence-electron chi connectivity index (χ0n) is 9.81. The number of carbonyl (C=O) groups is 1. The number of aryl methyl sites for hydroxylation is 1. The lowest BCUT2D eigenvalue weighted by Crippen LogP contribution is -2.17. The summed E-state index contributed by atoms with van der Waals surface area (Å²) in [4.78, 5) is 20.0. The van der Waals surface area contributed by atoms with Gasteiger partial charge in [-0.25, -0.2) is 9.67 Å². The Morgan fingerprint density at radius 2 is 2.22 bits per heavy atom. The van der Waals surface area contributed by atoms with Crippen LogP contribution in [0.3, 0.4) is 0 Å². The number of rotatable bonds is 3. The van der Waals surface area contributed by atoms with Crippen LogP contribution in [0.2, 0.25) is 5.02 Å². The number of halogens is 1. The number of nitrogens with zero attached hydrogens (tertiary/aromatic N) is 4. The Kier molecular flexibility index (Phi) is 3.42. The van der Waals surface area contributed by atoms with Crippen molar-refractivity contribution in [3.8, 4) is 0 Å². The van der Waals surface area contributed by atoms with Crippen LogP contribution in [0.1, 0.15) is 10.5 Å². The van der Waals surface area contributed by atoms with E-state index in [1.807, 2.05) is 0 Å². The van der Waals surface area contributed by atoms with Crippen molar-refractivity contribution in [2.24, 2.45) is 7.05 Å². The number of hydrogen-bond acceptors (Lipinski definition) is 5. The van der Waals surface area contributed by atoms with Gasteiger partial charge in [0.2, 0.25) is 5.95 Å². The summed E-state index contributed by atoms with van der Waals surface area (Å²) in [5, 5.41) is 9.53. The van der Waals surface area contributed by atoms with Gasteiger partial charge in [0.15, 0.2) is 0 Å². The normalized spacial score (nSPS) is 10.2. The van der Waals surface area contributed by atoms with Gasteiger partial charge in [0.1, 0.15) is 17.8 Å². The second-order valence-electron chi connectivity index (χ2n) is 3.44. The fourth-order valence-corrected chi connectivity index (χ4v) is 1.50. The van der Waals surface area contributed by atoms with Gasteiger partial charge in [-0.1, -0.05) is 11.6 Å². The van der Waals surface area contributed by atoms with E-state index in [9.17, 15) is 4.79 Å². The second-order valence-corrected chi connectivity index (χ2v) is 3.85. The topological polar surface area (TPSA) is 84.7 Å². The number of nitrogens with one attached hydrogen (secondary N) is 2. The molecule has 0 radical (unpaired) electrons. The number of pyridine rings is 1. The molecule has 2 aromatic heterocycles. The molecule has 8 heteroatoms. The van der Waals surface area contributed by atoms with Gasteiger partial charge in [-0.05, 0) is 12.1 Å². The van der Waals surface area contributed by atoms with E-state index in [4.69, 9.17) is 11.6 Å². The average molecular weight is 267 g/mol. The third kappa shape index (κ3) is 2.40. The summed E-state index contributed by atoms with van der Waals surface area (Å²) in [5.74, 6) is 0.448. The van der Waals surface area contributed by atoms with Gasteiger partial charge in [-0.2, -0.15) is 10.1 Å². The molecule has 2 aromatic rings. The molecular formula is C10H11ClN6O. The molecular weight excluding hydrogens is 256 g/mol. The molecule has 94 valence electrons. The minimum atomic E-state index is -0.437. The Morgan fingerprint density at radius 1 is 1.44 bits per heavy atom. The highest BCUT2D eigenvalue weighted by Crippen LogP contribution is 2.17. The molecule has 0 unspecified atom stereocenters. The molecule has 0 fully saturated rings. The Labute approximate surface area is 108 Å². The number of aromatic nitrogens is 4. The molecule has 0 spiro atoms. The first-order chi connectivity index (χ1) is 8.61. The van der Waals surface area contributed by atoms with Crippen LogP contribution in [0.25, 0.3) is 0 Å². The third-order valence-corrected chi connectivity index (χ3v) is 2.56. The maximum Gasteiger partial charge on any atom is 0.278 e. The Balaban J connectivity index is 2.26. The molecule has 0 aromatic carbocycles. The van der Waals surface area contributed by atoms with Crippen LogP contribution in [0.4, 0.5) is 11.8 Å². The number of hydrogen-bond donors (Lipinski definition) is 2. The lowest BCUT2D eigenvalue weighted by molar-refractivity contribution is 0.102. The molecule has 2 heterocycles. The van der Waals surface area contributed by atoms with Crippen LogP contribution in [-0.2, 0) is 7.05 Å². The van der Waals surface area contributed by atoms with E-state index in [0.717, 1.165) is 0 Å². The summed E-state index contributed by atoms with van der Waals surface area (Å²) < 4.78 is 1.44. The lowest BCUT2D eigenvalue weighted by atomic mass is 10.3. The van der Waals surface area contributed by atoms with Crippen molar-refractivity contribution in [2.75, 3.05) is 17.7 Å². The minimum absolute atomic E-state index is 0.131. The number of anilines is 2. The highest BCUT2D eigenvalue weighted by Gasteiger charge is 2.15. The van der Waals surface area contributed by atoms with Crippen LogP contribution in [-0.4, -0.2) is 32.7 Å². The van der Waals surface area contributed by atoms with Crippen LogP contribution in [0, 0.1) is 0 Å². The molecule has 0 aliphatic carbocycles. The molecule has 0 aliphatic rings. The van der Waals surface area contributed by atoms with Crippen molar-refractivity contribution in [2.45, 2.75) is 0 Å². The van der Waals surface area contributed by atoms with Crippen molar-refractivity contribution >= 4 is 29.3 Å². The summed E-state index contributed by atoms with van der Waals surface area (Å²) in [6, 6.07) is 3.29. The van der Waals surface area contributed by atoms with Crippen molar-refractivity contribution < 1.29 is 4.79 Å². The van der Waals surface area contributed by atoms with Crippen molar-refractivity contribution in [3.63, 3.8) is 0 Å². The fraction of sp³-hybridized carbons (Fsp3) is 0.200. The number of carbonyl (C=O) groups excluding carboxylic acids is 1. The first kappa shape index (κ1) is 12.3. The third-order valence-electron chi connectivity index (χ3n) is 2.25. The Bertz CT molecular complexity index is 581. The van der Waals surface area contributed by atoms with Crippen molar-refractivity contribution in [1.29, 1.82) is 0 Å². The Hall–Kier alpha value is -2.15. The smallest absolute Gasteiger partial charge is 0.278 e. The maximum absolute atomic E-state index is 12.0. The van der Waals surface area contributed by atoms with Gasteiger partial charge in [0.25, 0.3) is 5.91 Å². The van der Waals surface area contributed by atoms with E-state index < -0.39 is 5.91 Å². The van der Waals surface area contributed by atoms with Crippen LogP contribution >= 0.6 is 11.6 Å². The molecule has 0 atom stereocenters. The van der Waals surface area contributed by atoms with Crippen molar-refractivity contribution in [3.05, 3.63) is 29.2 Å². The summed E-state index contributed by atoms with van der Waals surface area (Å²) in [5.41, 5.74) is 0.131. The predicted octanol–water partition coefficient (Wildman–Crippen LogP) is 1.16. The van der Waals surface area contributed by atoms with Gasteiger partial charge in [-0.15, -0.1) is 0 Å². The standard InChI is InChI=1S/C10H11ClN6O/c1-12-7-4-3-6(11)8(15-7)9(18)16-10-13-5-14-17(10)2/h3-5H,1-2H3,(H,12,15)(H,13,14,16,18). The highest BCUT2D eigenvalue weighted by molar-refractivity contribution is 6.34. The molecule has 0 aliphatic heterocycles. The fourth-order valence-electron chi connectivity index (χ4n) is 1.31. The zero-order valence-corrected chi connectivity index (χ0v) is 10.6. The van der Waals surface area contributed by atoms with Crippen molar-refractivity contribution in [1.82, 2.24) is 19.7 Å². The molecule has 0 bridgehead atoms. The molecule has 0 saturated heterocycles.